The molecule has 0 saturated carbocycles. The molecule has 0 unspecified atom stereocenters. The van der Waals surface area contributed by atoms with Crippen molar-refractivity contribution in [1.82, 2.24) is 4.90 Å². The van der Waals surface area contributed by atoms with Crippen LogP contribution < -0.4 is 4.90 Å². The van der Waals surface area contributed by atoms with Crippen molar-refractivity contribution < 1.29 is 14.6 Å². The Morgan fingerprint density at radius 2 is 1.81 bits per heavy atom. The van der Waals surface area contributed by atoms with Gasteiger partial charge in [-0.2, -0.15) is 5.26 Å². The highest BCUT2D eigenvalue weighted by Gasteiger charge is 2.33. The zero-order valence-electron chi connectivity index (χ0n) is 18.4. The lowest BCUT2D eigenvalue weighted by molar-refractivity contribution is -0.0141. The van der Waals surface area contributed by atoms with Gasteiger partial charge in [-0.1, -0.05) is 12.1 Å². The number of carbonyl (C=O) groups is 1. The molecule has 3 rings (SSSR count). The fraction of sp³-hybridized carbons (Fsp3) is 0.440. The van der Waals surface area contributed by atoms with Crippen molar-refractivity contribution in [3.63, 3.8) is 0 Å². The number of esters is 1. The Kier molecular flexibility index (Phi) is 7.67. The highest BCUT2D eigenvalue weighted by molar-refractivity contribution is 5.89. The minimum Gasteiger partial charge on any atom is -0.465 e. The number of piperidine rings is 1. The van der Waals surface area contributed by atoms with Gasteiger partial charge in [-0.25, -0.2) is 4.79 Å². The van der Waals surface area contributed by atoms with Gasteiger partial charge in [0.05, 0.1) is 29.9 Å². The molecule has 31 heavy (non-hydrogen) atoms. The molecule has 6 nitrogen and oxygen atoms in total. The number of anilines is 1. The molecular formula is C25H31N3O3. The van der Waals surface area contributed by atoms with Crippen LogP contribution in [-0.2, 0) is 11.2 Å². The Morgan fingerprint density at radius 3 is 2.39 bits per heavy atom. The van der Waals surface area contributed by atoms with Crippen molar-refractivity contribution in [3.05, 3.63) is 65.2 Å². The maximum atomic E-state index is 11.6. The summed E-state index contributed by atoms with van der Waals surface area (Å²) in [5.74, 6) is -0.348. The van der Waals surface area contributed by atoms with Crippen LogP contribution in [0.15, 0.2) is 48.5 Å². The number of aliphatic hydroxyl groups is 1. The number of likely N-dealkylation sites (N-methyl/N-ethyl adjacent to an activating group) is 1. The molecular weight excluding hydrogens is 390 g/mol. The zero-order valence-corrected chi connectivity index (χ0v) is 18.4. The van der Waals surface area contributed by atoms with E-state index >= 15 is 0 Å². The predicted octanol–water partition coefficient (Wildman–Crippen LogP) is 3.24. The molecule has 0 bridgehead atoms. The van der Waals surface area contributed by atoms with Gasteiger partial charge in [0.1, 0.15) is 0 Å². The van der Waals surface area contributed by atoms with Gasteiger partial charge in [0.15, 0.2) is 0 Å². The quantitative estimate of drug-likeness (QED) is 0.660. The van der Waals surface area contributed by atoms with Crippen LogP contribution in [0, 0.1) is 11.3 Å². The van der Waals surface area contributed by atoms with Crippen LogP contribution in [0.3, 0.4) is 0 Å². The molecule has 0 aromatic heterocycles. The van der Waals surface area contributed by atoms with E-state index in [9.17, 15) is 9.90 Å². The lowest BCUT2D eigenvalue weighted by Crippen LogP contribution is -2.50. The third-order valence-corrected chi connectivity index (χ3v) is 6.07. The van der Waals surface area contributed by atoms with E-state index in [0.29, 0.717) is 17.7 Å². The van der Waals surface area contributed by atoms with Crippen molar-refractivity contribution in [1.29, 1.82) is 5.26 Å². The summed E-state index contributed by atoms with van der Waals surface area (Å²) < 4.78 is 4.74. The molecule has 1 N–H and O–H groups in total. The number of likely N-dealkylation sites (tertiary alicyclic amines) is 1. The van der Waals surface area contributed by atoms with E-state index in [0.717, 1.165) is 51.0 Å². The summed E-state index contributed by atoms with van der Waals surface area (Å²) in [5.41, 5.74) is 2.73. The monoisotopic (exact) mass is 421 g/mol. The molecule has 0 spiro atoms. The molecule has 1 heterocycles. The van der Waals surface area contributed by atoms with Gasteiger partial charge in [-0.3, -0.25) is 0 Å². The summed E-state index contributed by atoms with van der Waals surface area (Å²) in [5, 5.41) is 20.0. The molecule has 0 amide bonds. The second kappa shape index (κ2) is 10.4. The number of benzene rings is 2. The number of ether oxygens (including phenoxy) is 1. The molecule has 0 radical (unpaired) electrons. The molecule has 2 aromatic carbocycles. The number of carbonyl (C=O) groups excluding carboxylic acids is 1. The summed E-state index contributed by atoms with van der Waals surface area (Å²) in [4.78, 5) is 16.0. The predicted molar refractivity (Wildman–Crippen MR) is 121 cm³/mol. The summed E-state index contributed by atoms with van der Waals surface area (Å²) in [7, 11) is 3.34. The Labute approximate surface area is 184 Å². The average molecular weight is 422 g/mol. The second-order valence-electron chi connectivity index (χ2n) is 8.37. The highest BCUT2D eigenvalue weighted by Crippen LogP contribution is 2.26. The molecule has 1 aliphatic heterocycles. The summed E-state index contributed by atoms with van der Waals surface area (Å²) in [6.45, 7) is 3.35. The normalized spacial score (nSPS) is 15.8. The van der Waals surface area contributed by atoms with E-state index in [1.807, 2.05) is 48.3 Å². The van der Waals surface area contributed by atoms with Crippen molar-refractivity contribution in [2.45, 2.75) is 31.3 Å². The smallest absolute Gasteiger partial charge is 0.337 e. The van der Waals surface area contributed by atoms with Gasteiger partial charge in [-0.15, -0.1) is 0 Å². The number of aryl methyl sites for hydroxylation is 1. The molecule has 1 aliphatic rings. The zero-order chi connectivity index (χ0) is 22.3. The van der Waals surface area contributed by atoms with Crippen LogP contribution in [0.4, 0.5) is 5.69 Å². The van der Waals surface area contributed by atoms with Gasteiger partial charge in [0.2, 0.25) is 0 Å². The number of nitriles is 1. The van der Waals surface area contributed by atoms with Crippen molar-refractivity contribution in [2.75, 3.05) is 45.2 Å². The summed E-state index contributed by atoms with van der Waals surface area (Å²) >= 11 is 0. The molecule has 1 fully saturated rings. The van der Waals surface area contributed by atoms with Crippen molar-refractivity contribution in [2.24, 2.45) is 0 Å². The van der Waals surface area contributed by atoms with E-state index in [4.69, 9.17) is 10.00 Å². The minimum atomic E-state index is -0.709. The fourth-order valence-corrected chi connectivity index (χ4v) is 4.11. The first-order valence-corrected chi connectivity index (χ1v) is 10.8. The maximum absolute atomic E-state index is 11.6. The number of hydrogen-bond donors (Lipinski definition) is 1. The molecule has 0 aliphatic carbocycles. The van der Waals surface area contributed by atoms with E-state index in [-0.39, 0.29) is 5.97 Å². The van der Waals surface area contributed by atoms with Crippen LogP contribution in [0.25, 0.3) is 0 Å². The van der Waals surface area contributed by atoms with Crippen LogP contribution in [-0.4, -0.2) is 61.9 Å². The molecule has 164 valence electrons. The first kappa shape index (κ1) is 22.8. The van der Waals surface area contributed by atoms with Crippen LogP contribution in [0.5, 0.6) is 0 Å². The van der Waals surface area contributed by atoms with Crippen LogP contribution in [0.1, 0.15) is 40.7 Å². The third kappa shape index (κ3) is 6.30. The van der Waals surface area contributed by atoms with E-state index < -0.39 is 5.60 Å². The fourth-order valence-electron chi connectivity index (χ4n) is 4.11. The van der Waals surface area contributed by atoms with Crippen molar-refractivity contribution in [3.8, 4) is 6.07 Å². The molecule has 6 heteroatoms. The number of hydrogen-bond acceptors (Lipinski definition) is 6. The van der Waals surface area contributed by atoms with Crippen LogP contribution in [0.2, 0.25) is 0 Å². The average Bonchev–Trinajstić information content (AvgIpc) is 2.80. The Hall–Kier alpha value is -2.88. The molecule has 1 saturated heterocycles. The SMILES string of the molecule is COC(=O)c1ccc(N(C)CC2(O)CCN(CCCc3ccc(C#N)cc3)CC2)cc1. The standard InChI is InChI=1S/C25H31N3O3/c1-27(23-11-9-22(10-12-23)24(29)31-2)19-25(30)13-16-28(17-14-25)15-3-4-20-5-7-21(18-26)8-6-20/h5-12,30H,3-4,13-17,19H2,1-2H3. The van der Waals surface area contributed by atoms with Gasteiger partial charge in [-0.05, 0) is 74.2 Å². The lowest BCUT2D eigenvalue weighted by atomic mass is 9.90. The third-order valence-electron chi connectivity index (χ3n) is 6.07. The number of rotatable bonds is 8. The second-order valence-corrected chi connectivity index (χ2v) is 8.37. The Bertz CT molecular complexity index is 895. The van der Waals surface area contributed by atoms with E-state index in [1.54, 1.807) is 12.1 Å². The molecule has 2 aromatic rings. The molecule has 0 atom stereocenters. The van der Waals surface area contributed by atoms with Gasteiger partial charge in [0.25, 0.3) is 0 Å². The Morgan fingerprint density at radius 1 is 1.16 bits per heavy atom. The highest BCUT2D eigenvalue weighted by atomic mass is 16.5. The first-order chi connectivity index (χ1) is 14.9. The maximum Gasteiger partial charge on any atom is 0.337 e. The minimum absolute atomic E-state index is 0.348. The Balaban J connectivity index is 1.43. The first-order valence-electron chi connectivity index (χ1n) is 10.8. The van der Waals surface area contributed by atoms with Gasteiger partial charge >= 0.3 is 5.97 Å². The number of nitrogens with zero attached hydrogens (tertiary/aromatic N) is 3. The number of methoxy groups -OCH3 is 1. The topological polar surface area (TPSA) is 76.8 Å². The van der Waals surface area contributed by atoms with E-state index in [2.05, 4.69) is 11.0 Å². The van der Waals surface area contributed by atoms with Gasteiger partial charge < -0.3 is 19.6 Å². The lowest BCUT2D eigenvalue weighted by Gasteiger charge is -2.40. The summed E-state index contributed by atoms with van der Waals surface area (Å²) in [6, 6.07) is 17.2. The largest absolute Gasteiger partial charge is 0.465 e. The van der Waals surface area contributed by atoms with Crippen LogP contribution >= 0.6 is 0 Å². The van der Waals surface area contributed by atoms with E-state index in [1.165, 1.54) is 12.7 Å². The van der Waals surface area contributed by atoms with Crippen molar-refractivity contribution >= 4 is 11.7 Å². The van der Waals surface area contributed by atoms with Gasteiger partial charge in [0, 0.05) is 32.4 Å². The summed E-state index contributed by atoms with van der Waals surface area (Å²) in [6.07, 6.45) is 3.55.